The molecule has 128 valence electrons. The first-order chi connectivity index (χ1) is 12.3. The van der Waals surface area contributed by atoms with E-state index in [2.05, 4.69) is 5.32 Å². The Kier molecular flexibility index (Phi) is 6.35. The van der Waals surface area contributed by atoms with Gasteiger partial charge in [-0.3, -0.25) is 4.79 Å². The number of carbonyl (C=O) groups excluding carboxylic acids is 1. The molecule has 0 atom stereocenters. The molecule has 0 aliphatic heterocycles. The quantitative estimate of drug-likeness (QED) is 0.609. The maximum atomic E-state index is 12.8. The largest absolute Gasteiger partial charge is 0.468 e. The van der Waals surface area contributed by atoms with Crippen LogP contribution in [0.15, 0.2) is 83.5 Å². The van der Waals surface area contributed by atoms with E-state index >= 15 is 0 Å². The molecule has 3 nitrogen and oxygen atoms in total. The molecule has 1 aromatic heterocycles. The molecule has 25 heavy (non-hydrogen) atoms. The number of hydrogen-bond donors (Lipinski definition) is 1. The summed E-state index contributed by atoms with van der Waals surface area (Å²) < 4.78 is 5.31. The van der Waals surface area contributed by atoms with E-state index in [4.69, 9.17) is 4.42 Å². The van der Waals surface area contributed by atoms with E-state index in [0.29, 0.717) is 6.54 Å². The van der Waals surface area contributed by atoms with Gasteiger partial charge in [-0.15, -0.1) is 0 Å². The van der Waals surface area contributed by atoms with Gasteiger partial charge in [0.25, 0.3) is 0 Å². The van der Waals surface area contributed by atoms with Gasteiger partial charge in [0, 0.05) is 12.3 Å². The Bertz CT molecular complexity index is 718. The van der Waals surface area contributed by atoms with E-state index in [1.807, 2.05) is 72.8 Å². The molecule has 0 radical (unpaired) electrons. The Morgan fingerprint density at radius 1 is 0.920 bits per heavy atom. The second-order valence-electron chi connectivity index (χ2n) is 5.68. The van der Waals surface area contributed by atoms with Crippen LogP contribution in [0.3, 0.4) is 0 Å². The van der Waals surface area contributed by atoms with Gasteiger partial charge in [-0.25, -0.2) is 0 Å². The molecule has 0 aliphatic carbocycles. The van der Waals surface area contributed by atoms with E-state index in [0.717, 1.165) is 28.4 Å². The number of nitrogens with one attached hydrogen (secondary N) is 1. The van der Waals surface area contributed by atoms with Gasteiger partial charge in [0.15, 0.2) is 0 Å². The zero-order chi connectivity index (χ0) is 17.3. The standard InChI is InChI=1S/C21H21NO2S/c23-21(22-13-15-25-16-19-12-7-14-24-19)20(17-8-3-1-4-9-17)18-10-5-2-6-11-18/h1-12,14,20H,13,15-16H2,(H,22,23). The first-order valence-corrected chi connectivity index (χ1v) is 9.48. The van der Waals surface area contributed by atoms with Crippen LogP contribution in [0.2, 0.25) is 0 Å². The summed E-state index contributed by atoms with van der Waals surface area (Å²) in [5, 5.41) is 3.07. The van der Waals surface area contributed by atoms with Crippen LogP contribution in [0.1, 0.15) is 22.8 Å². The number of hydrogen-bond acceptors (Lipinski definition) is 3. The van der Waals surface area contributed by atoms with Crippen molar-refractivity contribution in [1.82, 2.24) is 5.32 Å². The fraction of sp³-hybridized carbons (Fsp3) is 0.190. The van der Waals surface area contributed by atoms with Crippen molar-refractivity contribution in [2.75, 3.05) is 12.3 Å². The average molecular weight is 351 g/mol. The highest BCUT2D eigenvalue weighted by atomic mass is 32.2. The fourth-order valence-corrected chi connectivity index (χ4v) is 3.46. The summed E-state index contributed by atoms with van der Waals surface area (Å²) in [5.74, 6) is 2.39. The van der Waals surface area contributed by atoms with E-state index < -0.39 is 0 Å². The fourth-order valence-electron chi connectivity index (χ4n) is 2.70. The molecule has 1 heterocycles. The number of benzene rings is 2. The molecule has 2 aromatic carbocycles. The minimum Gasteiger partial charge on any atom is -0.468 e. The van der Waals surface area contributed by atoms with E-state index in [1.165, 1.54) is 0 Å². The predicted octanol–water partition coefficient (Wildman–Crippen LogP) is 4.46. The van der Waals surface area contributed by atoms with Crippen LogP contribution in [0.4, 0.5) is 0 Å². The van der Waals surface area contributed by atoms with Crippen LogP contribution in [0, 0.1) is 0 Å². The van der Waals surface area contributed by atoms with Gasteiger partial charge in [0.1, 0.15) is 5.76 Å². The molecule has 0 bridgehead atoms. The third-order valence-corrected chi connectivity index (χ3v) is 4.88. The third-order valence-electron chi connectivity index (χ3n) is 3.90. The first-order valence-electron chi connectivity index (χ1n) is 8.32. The topological polar surface area (TPSA) is 42.2 Å². The van der Waals surface area contributed by atoms with Crippen molar-refractivity contribution >= 4 is 17.7 Å². The van der Waals surface area contributed by atoms with Crippen LogP contribution in [0.25, 0.3) is 0 Å². The molecule has 0 saturated heterocycles. The maximum absolute atomic E-state index is 12.8. The van der Waals surface area contributed by atoms with Crippen molar-refractivity contribution in [2.45, 2.75) is 11.7 Å². The Balaban J connectivity index is 1.58. The Morgan fingerprint density at radius 3 is 2.12 bits per heavy atom. The summed E-state index contributed by atoms with van der Waals surface area (Å²) in [4.78, 5) is 12.8. The smallest absolute Gasteiger partial charge is 0.232 e. The highest BCUT2D eigenvalue weighted by Crippen LogP contribution is 2.24. The van der Waals surface area contributed by atoms with Gasteiger partial charge in [0.05, 0.1) is 17.9 Å². The summed E-state index contributed by atoms with van der Waals surface area (Å²) in [6.45, 7) is 0.639. The van der Waals surface area contributed by atoms with Crippen molar-refractivity contribution < 1.29 is 9.21 Å². The van der Waals surface area contributed by atoms with E-state index in [9.17, 15) is 4.79 Å². The van der Waals surface area contributed by atoms with Crippen LogP contribution >= 0.6 is 11.8 Å². The van der Waals surface area contributed by atoms with Crippen molar-refractivity contribution in [1.29, 1.82) is 0 Å². The van der Waals surface area contributed by atoms with Crippen molar-refractivity contribution in [3.63, 3.8) is 0 Å². The molecule has 0 unspecified atom stereocenters. The van der Waals surface area contributed by atoms with Gasteiger partial charge in [0.2, 0.25) is 5.91 Å². The van der Waals surface area contributed by atoms with E-state index in [1.54, 1.807) is 18.0 Å². The molecule has 0 aliphatic rings. The van der Waals surface area contributed by atoms with Crippen molar-refractivity contribution in [3.8, 4) is 0 Å². The van der Waals surface area contributed by atoms with Gasteiger partial charge in [-0.2, -0.15) is 11.8 Å². The molecule has 0 spiro atoms. The first kappa shape index (κ1) is 17.4. The zero-order valence-electron chi connectivity index (χ0n) is 13.9. The number of rotatable bonds is 8. The zero-order valence-corrected chi connectivity index (χ0v) is 14.7. The van der Waals surface area contributed by atoms with E-state index in [-0.39, 0.29) is 11.8 Å². The van der Waals surface area contributed by atoms with Crippen molar-refractivity contribution in [2.24, 2.45) is 0 Å². The Labute approximate surface area is 152 Å². The normalized spacial score (nSPS) is 10.8. The highest BCUT2D eigenvalue weighted by Gasteiger charge is 2.21. The molecule has 1 amide bonds. The van der Waals surface area contributed by atoms with Crippen LogP contribution in [-0.2, 0) is 10.5 Å². The molecule has 0 fully saturated rings. The minimum absolute atomic E-state index is 0.0380. The van der Waals surface area contributed by atoms with Gasteiger partial charge in [-0.1, -0.05) is 60.7 Å². The average Bonchev–Trinajstić information content (AvgIpc) is 3.17. The lowest BCUT2D eigenvalue weighted by molar-refractivity contribution is -0.121. The number of carbonyl (C=O) groups is 1. The second-order valence-corrected chi connectivity index (χ2v) is 6.78. The molecular weight excluding hydrogens is 330 g/mol. The van der Waals surface area contributed by atoms with Crippen molar-refractivity contribution in [3.05, 3.63) is 95.9 Å². The predicted molar refractivity (Wildman–Crippen MR) is 103 cm³/mol. The lowest BCUT2D eigenvalue weighted by Gasteiger charge is -2.17. The van der Waals surface area contributed by atoms with Crippen LogP contribution in [-0.4, -0.2) is 18.2 Å². The molecule has 0 saturated carbocycles. The molecule has 1 N–H and O–H groups in total. The number of amides is 1. The second kappa shape index (κ2) is 9.14. The summed E-state index contributed by atoms with van der Waals surface area (Å²) >= 11 is 1.75. The molecule has 3 rings (SSSR count). The van der Waals surface area contributed by atoms with Gasteiger partial charge >= 0.3 is 0 Å². The SMILES string of the molecule is O=C(NCCSCc1ccco1)C(c1ccccc1)c1ccccc1. The minimum atomic E-state index is -0.280. The summed E-state index contributed by atoms with van der Waals surface area (Å²) in [7, 11) is 0. The Morgan fingerprint density at radius 2 is 1.56 bits per heavy atom. The van der Waals surface area contributed by atoms with Gasteiger partial charge in [-0.05, 0) is 23.3 Å². The summed E-state index contributed by atoms with van der Waals surface area (Å²) in [6.07, 6.45) is 1.68. The monoisotopic (exact) mass is 351 g/mol. The lowest BCUT2D eigenvalue weighted by atomic mass is 9.90. The molecule has 4 heteroatoms. The molecule has 3 aromatic rings. The lowest BCUT2D eigenvalue weighted by Crippen LogP contribution is -2.31. The van der Waals surface area contributed by atoms with Crippen LogP contribution < -0.4 is 5.32 Å². The third kappa shape index (κ3) is 5.00. The van der Waals surface area contributed by atoms with Gasteiger partial charge < -0.3 is 9.73 Å². The number of furan rings is 1. The summed E-state index contributed by atoms with van der Waals surface area (Å²) in [6, 6.07) is 23.7. The number of thioether (sulfide) groups is 1. The molecular formula is C21H21NO2S. The highest BCUT2D eigenvalue weighted by molar-refractivity contribution is 7.98. The van der Waals surface area contributed by atoms with Crippen LogP contribution in [0.5, 0.6) is 0 Å². The maximum Gasteiger partial charge on any atom is 0.232 e. The summed E-state index contributed by atoms with van der Waals surface area (Å²) in [5.41, 5.74) is 2.02. The Hall–Kier alpha value is -2.46.